The lowest BCUT2D eigenvalue weighted by Gasteiger charge is -2.22. The molecule has 0 unspecified atom stereocenters. The lowest BCUT2D eigenvalue weighted by molar-refractivity contribution is 0.102. The number of benzene rings is 2. The number of amides is 1. The highest BCUT2D eigenvalue weighted by atomic mass is 32.2. The Labute approximate surface area is 204 Å². The molecule has 1 aliphatic carbocycles. The maximum Gasteiger partial charge on any atom is 0.256 e. The van der Waals surface area contributed by atoms with Crippen molar-refractivity contribution in [3.05, 3.63) is 53.6 Å². The number of anilines is 1. The molecule has 1 amide bonds. The monoisotopic (exact) mass is 500 g/mol. The van der Waals surface area contributed by atoms with E-state index in [4.69, 9.17) is 0 Å². The molecule has 9 nitrogen and oxygen atoms in total. The summed E-state index contributed by atoms with van der Waals surface area (Å²) in [6.07, 6.45) is 6.23. The number of carbonyl (C=O) groups excluding carboxylic acids is 1. The van der Waals surface area contributed by atoms with Gasteiger partial charge in [0, 0.05) is 31.7 Å². The molecule has 0 bridgehead atoms. The number of rotatable bonds is 7. The van der Waals surface area contributed by atoms with E-state index in [1.165, 1.54) is 80.3 Å². The van der Waals surface area contributed by atoms with Crippen molar-refractivity contribution in [2.45, 2.75) is 53.0 Å². The summed E-state index contributed by atoms with van der Waals surface area (Å²) in [6, 6.07) is 12.4. The Hall–Kier alpha value is -2.76. The molecule has 1 aromatic heterocycles. The predicted molar refractivity (Wildman–Crippen MR) is 130 cm³/mol. The lowest BCUT2D eigenvalue weighted by Crippen LogP contribution is -2.23. The third kappa shape index (κ3) is 5.31. The third-order valence-corrected chi connectivity index (χ3v) is 8.92. The van der Waals surface area contributed by atoms with Crippen molar-refractivity contribution < 1.29 is 13.2 Å². The third-order valence-electron chi connectivity index (χ3n) is 6.00. The fraction of sp³-hybridized carbons (Fsp3) is 0.391. The first-order chi connectivity index (χ1) is 16.3. The van der Waals surface area contributed by atoms with E-state index in [-0.39, 0.29) is 10.5 Å². The first-order valence-corrected chi connectivity index (χ1v) is 13.4. The summed E-state index contributed by atoms with van der Waals surface area (Å²) in [4.78, 5) is 13.9. The number of hydrogen-bond donors (Lipinski definition) is 1. The predicted octanol–water partition coefficient (Wildman–Crippen LogP) is 3.91. The number of carbonyl (C=O) groups is 1. The Morgan fingerprint density at radius 1 is 1.09 bits per heavy atom. The zero-order valence-electron chi connectivity index (χ0n) is 19.4. The van der Waals surface area contributed by atoms with Crippen LogP contribution in [0.25, 0.3) is 0 Å². The highest BCUT2D eigenvalue weighted by molar-refractivity contribution is 7.99. The minimum absolute atomic E-state index is 0.0377. The molecule has 1 heterocycles. The molecule has 2 aromatic carbocycles. The standard InChI is InChI=1S/C23H28N6O3S2/c1-28(2)34(31,32)19-13-14-21(33-23-25-26-27-29(23)3)20(15-19)22(30)24-18-11-9-17(10-12-18)16-7-5-4-6-8-16/h9-16H,4-8H2,1-3H3,(H,24,30). The first kappa shape index (κ1) is 24.4. The van der Waals surface area contributed by atoms with E-state index in [9.17, 15) is 13.2 Å². The Bertz CT molecular complexity index is 1270. The van der Waals surface area contributed by atoms with Gasteiger partial charge in [-0.15, -0.1) is 5.10 Å². The normalized spacial score (nSPS) is 14.9. The summed E-state index contributed by atoms with van der Waals surface area (Å²) < 4.78 is 28.0. The minimum Gasteiger partial charge on any atom is -0.322 e. The number of aromatic nitrogens is 4. The molecular weight excluding hydrogens is 472 g/mol. The topological polar surface area (TPSA) is 110 Å². The molecule has 1 fully saturated rings. The second-order valence-corrected chi connectivity index (χ2v) is 11.7. The van der Waals surface area contributed by atoms with Gasteiger partial charge in [-0.1, -0.05) is 31.4 Å². The van der Waals surface area contributed by atoms with Crippen LogP contribution in [0.4, 0.5) is 5.69 Å². The van der Waals surface area contributed by atoms with Crippen molar-refractivity contribution in [3.8, 4) is 0 Å². The SMILES string of the molecule is CN(C)S(=O)(=O)c1ccc(Sc2nnnn2C)c(C(=O)Nc2ccc(C3CCCCC3)cc2)c1. The highest BCUT2D eigenvalue weighted by Crippen LogP contribution is 2.34. The average molecular weight is 501 g/mol. The first-order valence-electron chi connectivity index (χ1n) is 11.1. The van der Waals surface area contributed by atoms with E-state index in [1.54, 1.807) is 13.1 Å². The largest absolute Gasteiger partial charge is 0.322 e. The number of aryl methyl sites for hydroxylation is 1. The van der Waals surface area contributed by atoms with Crippen LogP contribution in [0, 0.1) is 0 Å². The molecule has 0 spiro atoms. The molecule has 0 aliphatic heterocycles. The van der Waals surface area contributed by atoms with Crippen LogP contribution in [0.2, 0.25) is 0 Å². The van der Waals surface area contributed by atoms with Gasteiger partial charge < -0.3 is 5.32 Å². The molecule has 3 aromatic rings. The molecule has 0 atom stereocenters. The van der Waals surface area contributed by atoms with Crippen molar-refractivity contribution in [3.63, 3.8) is 0 Å². The maximum atomic E-state index is 13.3. The molecule has 4 rings (SSSR count). The molecule has 1 N–H and O–H groups in total. The Kier molecular flexibility index (Phi) is 7.34. The zero-order valence-corrected chi connectivity index (χ0v) is 21.1. The van der Waals surface area contributed by atoms with Crippen molar-refractivity contribution in [1.82, 2.24) is 24.5 Å². The van der Waals surface area contributed by atoms with Gasteiger partial charge in [-0.2, -0.15) is 0 Å². The summed E-state index contributed by atoms with van der Waals surface area (Å²) >= 11 is 1.19. The summed E-state index contributed by atoms with van der Waals surface area (Å²) in [5, 5.41) is 14.8. The number of sulfonamides is 1. The van der Waals surface area contributed by atoms with Gasteiger partial charge in [0.25, 0.3) is 5.91 Å². The summed E-state index contributed by atoms with van der Waals surface area (Å²) in [7, 11) is 0.893. The van der Waals surface area contributed by atoms with Gasteiger partial charge in [-0.25, -0.2) is 17.4 Å². The molecule has 34 heavy (non-hydrogen) atoms. The van der Waals surface area contributed by atoms with Crippen molar-refractivity contribution in [2.75, 3.05) is 19.4 Å². The molecule has 11 heteroatoms. The van der Waals surface area contributed by atoms with E-state index < -0.39 is 15.9 Å². The van der Waals surface area contributed by atoms with Gasteiger partial charge in [0.15, 0.2) is 0 Å². The molecule has 0 saturated heterocycles. The molecule has 1 saturated carbocycles. The van der Waals surface area contributed by atoms with Crippen LogP contribution < -0.4 is 5.32 Å². The van der Waals surface area contributed by atoms with Gasteiger partial charge in [0.2, 0.25) is 15.2 Å². The van der Waals surface area contributed by atoms with Gasteiger partial charge in [-0.3, -0.25) is 4.79 Å². The fourth-order valence-electron chi connectivity index (χ4n) is 4.03. The van der Waals surface area contributed by atoms with Gasteiger partial charge in [-0.05, 0) is 76.8 Å². The summed E-state index contributed by atoms with van der Waals surface area (Å²) in [5.41, 5.74) is 2.18. The van der Waals surface area contributed by atoms with Crippen LogP contribution >= 0.6 is 11.8 Å². The maximum absolute atomic E-state index is 13.3. The Balaban J connectivity index is 1.62. The molecule has 1 aliphatic rings. The second kappa shape index (κ2) is 10.2. The van der Waals surface area contributed by atoms with Crippen LogP contribution in [-0.4, -0.2) is 52.9 Å². The second-order valence-electron chi connectivity index (χ2n) is 8.54. The number of tetrazole rings is 1. The minimum atomic E-state index is -3.71. The summed E-state index contributed by atoms with van der Waals surface area (Å²) in [6.45, 7) is 0. The molecule has 0 radical (unpaired) electrons. The van der Waals surface area contributed by atoms with Gasteiger partial charge in [0.05, 0.1) is 10.5 Å². The van der Waals surface area contributed by atoms with E-state index in [0.29, 0.717) is 21.7 Å². The number of hydrogen-bond acceptors (Lipinski definition) is 7. The Morgan fingerprint density at radius 3 is 2.41 bits per heavy atom. The van der Waals surface area contributed by atoms with Crippen molar-refractivity contribution in [1.29, 1.82) is 0 Å². The molecule has 180 valence electrons. The highest BCUT2D eigenvalue weighted by Gasteiger charge is 2.23. The number of nitrogens with one attached hydrogen (secondary N) is 1. The van der Waals surface area contributed by atoms with Gasteiger partial charge in [0.1, 0.15) is 0 Å². The van der Waals surface area contributed by atoms with E-state index in [1.807, 2.05) is 12.1 Å². The van der Waals surface area contributed by atoms with E-state index in [2.05, 4.69) is 33.0 Å². The zero-order chi connectivity index (χ0) is 24.3. The van der Waals surface area contributed by atoms with Crippen LogP contribution in [0.15, 0.2) is 57.4 Å². The summed E-state index contributed by atoms with van der Waals surface area (Å²) in [5.74, 6) is 0.174. The fourth-order valence-corrected chi connectivity index (χ4v) is 5.79. The van der Waals surface area contributed by atoms with Crippen LogP contribution in [0.5, 0.6) is 0 Å². The van der Waals surface area contributed by atoms with E-state index >= 15 is 0 Å². The van der Waals surface area contributed by atoms with Gasteiger partial charge >= 0.3 is 0 Å². The van der Waals surface area contributed by atoms with Crippen LogP contribution in [0.1, 0.15) is 53.9 Å². The van der Waals surface area contributed by atoms with Crippen molar-refractivity contribution in [2.24, 2.45) is 7.05 Å². The Morgan fingerprint density at radius 2 is 1.79 bits per heavy atom. The van der Waals surface area contributed by atoms with Crippen LogP contribution in [-0.2, 0) is 17.1 Å². The smallest absolute Gasteiger partial charge is 0.256 e. The molecular formula is C23H28N6O3S2. The lowest BCUT2D eigenvalue weighted by atomic mass is 9.84. The van der Waals surface area contributed by atoms with Crippen molar-refractivity contribution >= 4 is 33.4 Å². The average Bonchev–Trinajstić information content (AvgIpc) is 3.24. The van der Waals surface area contributed by atoms with Crippen LogP contribution in [0.3, 0.4) is 0 Å². The van der Waals surface area contributed by atoms with E-state index in [0.717, 1.165) is 4.31 Å². The quantitative estimate of drug-likeness (QED) is 0.524. The number of nitrogens with zero attached hydrogens (tertiary/aromatic N) is 5.